The molecule has 70 heavy (non-hydrogen) atoms. The van der Waals surface area contributed by atoms with Gasteiger partial charge in [0.15, 0.2) is 0 Å². The Labute approximate surface area is 409 Å². The van der Waals surface area contributed by atoms with E-state index in [4.69, 9.17) is 0 Å². The molecule has 2 atom stereocenters. The average Bonchev–Trinajstić information content (AvgIpc) is 3.99. The van der Waals surface area contributed by atoms with Crippen LogP contribution in [0, 0.1) is 5.92 Å². The normalized spacial score (nSPS) is 17.0. The minimum Gasteiger partial charge on any atom is -0.310 e. The highest BCUT2D eigenvalue weighted by Gasteiger charge is 2.48. The minimum absolute atomic E-state index is 0.0295. The number of anilines is 2. The number of hydrogen-bond acceptors (Lipinski definition) is 1. The zero-order valence-electron chi connectivity index (χ0n) is 39.3. The van der Waals surface area contributed by atoms with Crippen LogP contribution in [0.2, 0.25) is 0 Å². The van der Waals surface area contributed by atoms with Crippen LogP contribution in [0.3, 0.4) is 0 Å². The first-order valence-corrected chi connectivity index (χ1v) is 24.8. The third-order valence-electron chi connectivity index (χ3n) is 16.1. The number of rotatable bonds is 7. The van der Waals surface area contributed by atoms with Crippen molar-refractivity contribution in [2.45, 2.75) is 30.6 Å². The monoisotopic (exact) mass is 894 g/mol. The molecule has 10 aromatic carbocycles. The van der Waals surface area contributed by atoms with Crippen molar-refractivity contribution in [3.05, 3.63) is 294 Å². The second-order valence-corrected chi connectivity index (χ2v) is 20.0. The summed E-state index contributed by atoms with van der Waals surface area (Å²) in [6.07, 6.45) is 7.45. The second-order valence-electron chi connectivity index (χ2n) is 20.0. The van der Waals surface area contributed by atoms with Gasteiger partial charge in [-0.25, -0.2) is 0 Å². The molecule has 2 heteroatoms. The predicted octanol–water partition coefficient (Wildman–Crippen LogP) is 17.2. The van der Waals surface area contributed by atoms with Crippen LogP contribution < -0.4 is 4.90 Å². The van der Waals surface area contributed by atoms with Gasteiger partial charge in [-0.15, -0.1) is 0 Å². The number of hydrogen-bond donors (Lipinski definition) is 0. The van der Waals surface area contributed by atoms with Crippen molar-refractivity contribution in [1.29, 1.82) is 0 Å². The fraction of sp³-hybridized carbons (Fsp3) is 0.0882. The van der Waals surface area contributed by atoms with Crippen LogP contribution in [0.5, 0.6) is 0 Å². The summed E-state index contributed by atoms with van der Waals surface area (Å²) in [5.41, 5.74) is 19.4. The molecule has 0 bridgehead atoms. The smallest absolute Gasteiger partial charge is 0.0714 e. The van der Waals surface area contributed by atoms with Crippen LogP contribution in [-0.4, -0.2) is 4.57 Å². The van der Waals surface area contributed by atoms with E-state index in [0.717, 1.165) is 5.69 Å². The Kier molecular flexibility index (Phi) is 9.01. The van der Waals surface area contributed by atoms with Crippen molar-refractivity contribution in [1.82, 2.24) is 4.57 Å². The van der Waals surface area contributed by atoms with Crippen molar-refractivity contribution >= 4 is 44.0 Å². The minimum atomic E-state index is -0.617. The lowest BCUT2D eigenvalue weighted by Crippen LogP contribution is -2.29. The molecule has 0 saturated heterocycles. The van der Waals surface area contributed by atoms with E-state index in [9.17, 15) is 0 Å². The fourth-order valence-electron chi connectivity index (χ4n) is 13.0. The maximum Gasteiger partial charge on any atom is 0.0714 e. The SMILES string of the molecule is CC1(C)c2ccccc2C2C=CC(N(c3ccc4c(c3)C(c3ccccc3)(c3ccccc3)c3cc(-c5ccc6c(c5)c5ccccc5n6-c5ccccc5)ccc3-4)c3cccc4ccccc34)=CC21. The van der Waals surface area contributed by atoms with E-state index in [1.807, 2.05) is 0 Å². The highest BCUT2D eigenvalue weighted by molar-refractivity contribution is 6.10. The first-order chi connectivity index (χ1) is 34.5. The van der Waals surface area contributed by atoms with Crippen molar-refractivity contribution in [2.24, 2.45) is 5.92 Å². The molecule has 0 N–H and O–H groups in total. The Bertz CT molecular complexity index is 3880. The van der Waals surface area contributed by atoms with Gasteiger partial charge in [0.1, 0.15) is 0 Å². The Hall–Kier alpha value is -8.46. The Morgan fingerprint density at radius 1 is 0.457 bits per heavy atom. The molecule has 1 heterocycles. The second kappa shape index (κ2) is 15.5. The third-order valence-corrected chi connectivity index (χ3v) is 16.1. The maximum atomic E-state index is 2.58. The van der Waals surface area contributed by atoms with Gasteiger partial charge in [-0.1, -0.05) is 208 Å². The van der Waals surface area contributed by atoms with Crippen molar-refractivity contribution in [3.63, 3.8) is 0 Å². The van der Waals surface area contributed by atoms with Crippen LogP contribution in [0.15, 0.2) is 261 Å². The van der Waals surface area contributed by atoms with Gasteiger partial charge in [0.05, 0.1) is 22.1 Å². The zero-order chi connectivity index (χ0) is 46.6. The Morgan fingerprint density at radius 2 is 1.06 bits per heavy atom. The highest BCUT2D eigenvalue weighted by Crippen LogP contribution is 2.59. The van der Waals surface area contributed by atoms with Crippen LogP contribution in [0.4, 0.5) is 11.4 Å². The van der Waals surface area contributed by atoms with Crippen molar-refractivity contribution in [3.8, 4) is 27.9 Å². The standard InChI is InChI=1S/C68H50N2/c1-67(2)60-30-16-14-28-54(60)55-38-35-51(43-61(55)67)69(64-32-18-20-45-19-12-13-27-53(45)64)52-36-39-57-56-37-33-47(42-62(56)68(63(57)44-52,48-21-6-3-7-22-48)49-23-8-4-9-24-49)46-34-40-66-59(41-46)58-29-15-17-31-65(58)70(66)50-25-10-5-11-26-50/h3-44,55,61H,1-2H3. The summed E-state index contributed by atoms with van der Waals surface area (Å²) in [6.45, 7) is 4.87. The van der Waals surface area contributed by atoms with E-state index in [1.54, 1.807) is 0 Å². The lowest BCUT2D eigenvalue weighted by Gasteiger charge is -2.37. The number of nitrogens with zero attached hydrogens (tertiary/aromatic N) is 2. The van der Waals surface area contributed by atoms with Crippen LogP contribution in [-0.2, 0) is 10.8 Å². The number of fused-ring (bicyclic) bond motifs is 10. The molecule has 0 fully saturated rings. The molecule has 0 amide bonds. The molecule has 3 aliphatic carbocycles. The van der Waals surface area contributed by atoms with Crippen molar-refractivity contribution < 1.29 is 0 Å². The third kappa shape index (κ3) is 5.86. The number of allylic oxidation sites excluding steroid dienone is 3. The summed E-state index contributed by atoms with van der Waals surface area (Å²) >= 11 is 0. The summed E-state index contributed by atoms with van der Waals surface area (Å²) < 4.78 is 2.40. The van der Waals surface area contributed by atoms with Gasteiger partial charge in [0.2, 0.25) is 0 Å². The Morgan fingerprint density at radius 3 is 1.84 bits per heavy atom. The zero-order valence-corrected chi connectivity index (χ0v) is 39.3. The number of benzene rings is 10. The number of para-hydroxylation sites is 2. The van der Waals surface area contributed by atoms with E-state index >= 15 is 0 Å². The van der Waals surface area contributed by atoms with Gasteiger partial charge in [0, 0.05) is 39.1 Å². The summed E-state index contributed by atoms with van der Waals surface area (Å²) in [5.74, 6) is 0.640. The Balaban J connectivity index is 0.989. The lowest BCUT2D eigenvalue weighted by molar-refractivity contribution is 0.392. The average molecular weight is 895 g/mol. The quantitative estimate of drug-likeness (QED) is 0.155. The van der Waals surface area contributed by atoms with E-state index in [-0.39, 0.29) is 5.41 Å². The largest absolute Gasteiger partial charge is 0.310 e. The predicted molar refractivity (Wildman–Crippen MR) is 293 cm³/mol. The molecule has 332 valence electrons. The molecular weight excluding hydrogens is 845 g/mol. The molecular formula is C68H50N2. The van der Waals surface area contributed by atoms with E-state index in [0.29, 0.717) is 11.8 Å². The highest BCUT2D eigenvalue weighted by atomic mass is 15.1. The van der Waals surface area contributed by atoms with E-state index < -0.39 is 5.41 Å². The summed E-state index contributed by atoms with van der Waals surface area (Å²) in [7, 11) is 0. The molecule has 2 unspecified atom stereocenters. The van der Waals surface area contributed by atoms with Gasteiger partial charge in [-0.05, 0) is 133 Å². The molecule has 11 aromatic rings. The molecule has 0 saturated carbocycles. The maximum absolute atomic E-state index is 2.58. The topological polar surface area (TPSA) is 8.17 Å². The lowest BCUT2D eigenvalue weighted by atomic mass is 9.67. The number of aromatic nitrogens is 1. The van der Waals surface area contributed by atoms with E-state index in [2.05, 4.69) is 278 Å². The molecule has 0 radical (unpaired) electrons. The summed E-state index contributed by atoms with van der Waals surface area (Å²) in [4.78, 5) is 2.55. The molecule has 2 nitrogen and oxygen atoms in total. The van der Waals surface area contributed by atoms with Crippen LogP contribution in [0.1, 0.15) is 53.1 Å². The van der Waals surface area contributed by atoms with Crippen molar-refractivity contribution in [2.75, 3.05) is 4.90 Å². The van der Waals surface area contributed by atoms with Gasteiger partial charge >= 0.3 is 0 Å². The van der Waals surface area contributed by atoms with Crippen LogP contribution >= 0.6 is 0 Å². The first-order valence-electron chi connectivity index (χ1n) is 24.8. The molecule has 1 aromatic heterocycles. The van der Waals surface area contributed by atoms with Gasteiger partial charge in [-0.3, -0.25) is 0 Å². The molecule has 3 aliphatic rings. The summed E-state index contributed by atoms with van der Waals surface area (Å²) in [6, 6.07) is 88.3. The summed E-state index contributed by atoms with van der Waals surface area (Å²) in [5, 5.41) is 4.95. The van der Waals surface area contributed by atoms with E-state index in [1.165, 1.54) is 105 Å². The van der Waals surface area contributed by atoms with Crippen LogP contribution in [0.25, 0.3) is 60.5 Å². The first kappa shape index (κ1) is 40.6. The van der Waals surface area contributed by atoms with Gasteiger partial charge < -0.3 is 9.47 Å². The fourth-order valence-corrected chi connectivity index (χ4v) is 13.0. The van der Waals surface area contributed by atoms with Gasteiger partial charge in [0.25, 0.3) is 0 Å². The molecule has 14 rings (SSSR count). The molecule has 0 spiro atoms. The van der Waals surface area contributed by atoms with Gasteiger partial charge in [-0.2, -0.15) is 0 Å². The molecule has 0 aliphatic heterocycles.